The molecule has 0 heterocycles. The molecule has 2 rings (SSSR count). The average Bonchev–Trinajstić information content (AvgIpc) is 2.77. The standard InChI is InChI=1S/C27H29N3O4/c1-8-20-14-16-21(17-15-20)23(24(31)29-22-13-11-10-12-18(22)3)30(9-2)25(32)19(4)28-26(33)34-27(5,6)7/h1-2,10-17,19,23H,3-7H3,(H,28,33)(H,29,31). The Morgan fingerprint density at radius 3 is 2.18 bits per heavy atom. The first kappa shape index (κ1) is 26.0. The van der Waals surface area contributed by atoms with Crippen LogP contribution in [0.3, 0.4) is 0 Å². The van der Waals surface area contributed by atoms with Gasteiger partial charge in [-0.05, 0) is 63.9 Å². The van der Waals surface area contributed by atoms with Crippen molar-refractivity contribution in [2.24, 2.45) is 0 Å². The first-order valence-corrected chi connectivity index (χ1v) is 10.7. The summed E-state index contributed by atoms with van der Waals surface area (Å²) in [6, 6.07) is 13.9. The minimum atomic E-state index is -1.17. The summed E-state index contributed by atoms with van der Waals surface area (Å²) >= 11 is 0. The molecule has 0 aliphatic rings. The number of ether oxygens (including phenoxy) is 1. The minimum Gasteiger partial charge on any atom is -0.444 e. The van der Waals surface area contributed by atoms with E-state index in [0.717, 1.165) is 10.5 Å². The van der Waals surface area contributed by atoms with Gasteiger partial charge in [0.15, 0.2) is 0 Å². The molecule has 0 fully saturated rings. The molecule has 0 radical (unpaired) electrons. The zero-order valence-electron chi connectivity index (χ0n) is 20.0. The van der Waals surface area contributed by atoms with E-state index in [1.165, 1.54) is 6.92 Å². The van der Waals surface area contributed by atoms with Crippen molar-refractivity contribution in [1.29, 1.82) is 0 Å². The summed E-state index contributed by atoms with van der Waals surface area (Å²) in [5.41, 5.74) is 1.76. The second-order valence-electron chi connectivity index (χ2n) is 8.68. The van der Waals surface area contributed by atoms with E-state index in [-0.39, 0.29) is 0 Å². The SMILES string of the molecule is C#Cc1ccc(C(C(=O)Nc2ccccc2C)N(C#C)C(=O)C(C)NC(=O)OC(C)(C)C)cc1. The Balaban J connectivity index is 2.38. The van der Waals surface area contributed by atoms with Gasteiger partial charge in [-0.1, -0.05) is 42.7 Å². The van der Waals surface area contributed by atoms with Gasteiger partial charge in [0.1, 0.15) is 17.7 Å². The number of carbonyl (C=O) groups excluding carboxylic acids is 3. The van der Waals surface area contributed by atoms with E-state index >= 15 is 0 Å². The van der Waals surface area contributed by atoms with Crippen LogP contribution in [0.4, 0.5) is 10.5 Å². The Morgan fingerprint density at radius 1 is 1.03 bits per heavy atom. The molecule has 176 valence electrons. The number of nitrogens with one attached hydrogen (secondary N) is 2. The molecule has 34 heavy (non-hydrogen) atoms. The van der Waals surface area contributed by atoms with Gasteiger partial charge in [0.25, 0.3) is 11.8 Å². The number of hydrogen-bond donors (Lipinski definition) is 2. The summed E-state index contributed by atoms with van der Waals surface area (Å²) in [6.07, 6.45) is 10.4. The van der Waals surface area contributed by atoms with E-state index in [1.807, 2.05) is 19.1 Å². The normalized spacial score (nSPS) is 12.3. The number of alkyl carbamates (subject to hydrolysis) is 1. The number of nitrogens with zero attached hydrogens (tertiary/aromatic N) is 1. The minimum absolute atomic E-state index is 0.459. The Morgan fingerprint density at radius 2 is 1.65 bits per heavy atom. The number of aryl methyl sites for hydroxylation is 1. The molecule has 3 amide bonds. The quantitative estimate of drug-likeness (QED) is 0.505. The largest absolute Gasteiger partial charge is 0.444 e. The lowest BCUT2D eigenvalue weighted by atomic mass is 10.0. The van der Waals surface area contributed by atoms with E-state index in [2.05, 4.69) is 22.6 Å². The van der Waals surface area contributed by atoms with Gasteiger partial charge in [-0.15, -0.1) is 6.42 Å². The van der Waals surface area contributed by atoms with E-state index in [9.17, 15) is 14.4 Å². The third-order valence-corrected chi connectivity index (χ3v) is 4.78. The number of para-hydroxylation sites is 1. The monoisotopic (exact) mass is 459 g/mol. The van der Waals surface area contributed by atoms with Crippen LogP contribution in [0.1, 0.15) is 50.4 Å². The predicted molar refractivity (Wildman–Crippen MR) is 131 cm³/mol. The topological polar surface area (TPSA) is 87.7 Å². The zero-order valence-corrected chi connectivity index (χ0v) is 20.0. The van der Waals surface area contributed by atoms with Crippen molar-refractivity contribution in [3.63, 3.8) is 0 Å². The van der Waals surface area contributed by atoms with Crippen LogP contribution >= 0.6 is 0 Å². The number of benzene rings is 2. The van der Waals surface area contributed by atoms with Crippen LogP contribution in [0.5, 0.6) is 0 Å². The highest BCUT2D eigenvalue weighted by Crippen LogP contribution is 2.25. The fourth-order valence-electron chi connectivity index (χ4n) is 3.11. The molecule has 2 atom stereocenters. The molecule has 7 nitrogen and oxygen atoms in total. The summed E-state index contributed by atoms with van der Waals surface area (Å²) in [5.74, 6) is 1.34. The number of carbonyl (C=O) groups is 3. The highest BCUT2D eigenvalue weighted by Gasteiger charge is 2.34. The lowest BCUT2D eigenvalue weighted by molar-refractivity contribution is -0.136. The van der Waals surface area contributed by atoms with Crippen LogP contribution in [-0.2, 0) is 14.3 Å². The van der Waals surface area contributed by atoms with Crippen LogP contribution < -0.4 is 10.6 Å². The van der Waals surface area contributed by atoms with Crippen molar-refractivity contribution in [3.8, 4) is 24.8 Å². The summed E-state index contributed by atoms with van der Waals surface area (Å²) in [6.45, 7) is 8.44. The molecule has 0 saturated carbocycles. The fraction of sp³-hybridized carbons (Fsp3) is 0.296. The van der Waals surface area contributed by atoms with Gasteiger partial charge in [-0.3, -0.25) is 14.5 Å². The van der Waals surface area contributed by atoms with E-state index in [0.29, 0.717) is 16.8 Å². The van der Waals surface area contributed by atoms with Crippen LogP contribution in [0.15, 0.2) is 48.5 Å². The number of terminal acetylenes is 2. The van der Waals surface area contributed by atoms with Gasteiger partial charge in [0, 0.05) is 17.3 Å². The van der Waals surface area contributed by atoms with Crippen molar-refractivity contribution in [2.75, 3.05) is 5.32 Å². The Hall–Kier alpha value is -4.23. The van der Waals surface area contributed by atoms with Crippen molar-refractivity contribution < 1.29 is 19.1 Å². The fourth-order valence-corrected chi connectivity index (χ4v) is 3.11. The maximum Gasteiger partial charge on any atom is 0.408 e. The molecular formula is C27H29N3O4. The van der Waals surface area contributed by atoms with Crippen LogP contribution in [0, 0.1) is 31.7 Å². The summed E-state index contributed by atoms with van der Waals surface area (Å²) in [4.78, 5) is 39.8. The summed E-state index contributed by atoms with van der Waals surface area (Å²) in [5, 5.41) is 5.30. The average molecular weight is 460 g/mol. The molecule has 0 aliphatic heterocycles. The van der Waals surface area contributed by atoms with Gasteiger partial charge in [0.05, 0.1) is 0 Å². The van der Waals surface area contributed by atoms with E-state index in [4.69, 9.17) is 17.6 Å². The number of amides is 3. The molecule has 0 aliphatic carbocycles. The molecule has 0 spiro atoms. The lowest BCUT2D eigenvalue weighted by Gasteiger charge is -2.29. The number of rotatable bonds is 6. The number of hydrogen-bond acceptors (Lipinski definition) is 4. The Labute approximate surface area is 200 Å². The molecule has 2 aromatic rings. The molecule has 2 aromatic carbocycles. The second kappa shape index (κ2) is 11.1. The summed E-state index contributed by atoms with van der Waals surface area (Å²) < 4.78 is 5.21. The highest BCUT2D eigenvalue weighted by atomic mass is 16.6. The zero-order chi connectivity index (χ0) is 25.5. The van der Waals surface area contributed by atoms with Crippen LogP contribution in [0.25, 0.3) is 0 Å². The first-order valence-electron chi connectivity index (χ1n) is 10.7. The number of anilines is 1. The Kier molecular flexibility index (Phi) is 8.47. The van der Waals surface area contributed by atoms with E-state index < -0.39 is 35.6 Å². The maximum absolute atomic E-state index is 13.4. The predicted octanol–water partition coefficient (Wildman–Crippen LogP) is 3.99. The van der Waals surface area contributed by atoms with Gasteiger partial charge in [-0.25, -0.2) is 4.79 Å². The van der Waals surface area contributed by atoms with Crippen molar-refractivity contribution in [1.82, 2.24) is 10.2 Å². The van der Waals surface area contributed by atoms with Gasteiger partial charge >= 0.3 is 6.09 Å². The third kappa shape index (κ3) is 6.88. The molecule has 0 aromatic heterocycles. The molecule has 2 unspecified atom stereocenters. The van der Waals surface area contributed by atoms with E-state index in [1.54, 1.807) is 57.2 Å². The molecule has 2 N–H and O–H groups in total. The van der Waals surface area contributed by atoms with Gasteiger partial charge in [0.2, 0.25) is 0 Å². The molecule has 0 bridgehead atoms. The lowest BCUT2D eigenvalue weighted by Crippen LogP contribution is -2.49. The summed E-state index contributed by atoms with van der Waals surface area (Å²) in [7, 11) is 0. The highest BCUT2D eigenvalue weighted by molar-refractivity contribution is 6.00. The second-order valence-corrected chi connectivity index (χ2v) is 8.68. The maximum atomic E-state index is 13.4. The molecule has 7 heteroatoms. The van der Waals surface area contributed by atoms with Gasteiger partial charge in [-0.2, -0.15) is 0 Å². The Bertz CT molecular complexity index is 1130. The van der Waals surface area contributed by atoms with Crippen molar-refractivity contribution in [3.05, 3.63) is 65.2 Å². The van der Waals surface area contributed by atoms with Crippen LogP contribution in [-0.4, -0.2) is 34.5 Å². The smallest absolute Gasteiger partial charge is 0.408 e. The van der Waals surface area contributed by atoms with Crippen molar-refractivity contribution >= 4 is 23.6 Å². The molecule has 0 saturated heterocycles. The van der Waals surface area contributed by atoms with Gasteiger partial charge < -0.3 is 15.4 Å². The van der Waals surface area contributed by atoms with Crippen LogP contribution in [0.2, 0.25) is 0 Å². The molecular weight excluding hydrogens is 430 g/mol. The third-order valence-electron chi connectivity index (χ3n) is 4.78. The van der Waals surface area contributed by atoms with Crippen molar-refractivity contribution in [2.45, 2.75) is 52.3 Å². The first-order chi connectivity index (χ1) is 16.0.